The highest BCUT2D eigenvalue weighted by Gasteiger charge is 2.42. The van der Waals surface area contributed by atoms with Crippen LogP contribution in [0.1, 0.15) is 35.1 Å². The number of ether oxygens (including phenoxy) is 1. The van der Waals surface area contributed by atoms with E-state index in [4.69, 9.17) is 22.1 Å². The molecule has 3 heterocycles. The molecule has 190 valence electrons. The molecule has 1 saturated heterocycles. The molecule has 0 saturated carbocycles. The minimum absolute atomic E-state index is 0.0449. The molecule has 3 amide bonds. The number of rotatable bonds is 8. The molecule has 3 aromatic rings. The molecule has 0 unspecified atom stereocenters. The van der Waals surface area contributed by atoms with Gasteiger partial charge in [-0.3, -0.25) is 24.0 Å². The molecule has 12 heteroatoms. The van der Waals surface area contributed by atoms with Crippen molar-refractivity contribution in [3.63, 3.8) is 0 Å². The average Bonchev–Trinajstić information content (AvgIpc) is 3.46. The fourth-order valence-electron chi connectivity index (χ4n) is 4.40. The summed E-state index contributed by atoms with van der Waals surface area (Å²) in [4.78, 5) is 44.1. The van der Waals surface area contributed by atoms with Crippen LogP contribution in [0.15, 0.2) is 30.5 Å². The molecule has 1 aliphatic rings. The van der Waals surface area contributed by atoms with Gasteiger partial charge in [-0.2, -0.15) is 5.10 Å². The van der Waals surface area contributed by atoms with E-state index in [1.807, 2.05) is 6.92 Å². The molecular weight excluding hydrogens is 491 g/mol. The largest absolute Gasteiger partial charge is 0.379 e. The first-order valence-electron chi connectivity index (χ1n) is 11.4. The van der Waals surface area contributed by atoms with E-state index in [1.165, 1.54) is 28.8 Å². The van der Waals surface area contributed by atoms with E-state index in [0.29, 0.717) is 23.7 Å². The van der Waals surface area contributed by atoms with Crippen LogP contribution >= 0.6 is 11.6 Å². The number of aryl methyl sites for hydroxylation is 1. The van der Waals surface area contributed by atoms with Crippen molar-refractivity contribution in [1.82, 2.24) is 25.0 Å². The number of nitrogens with zero attached hydrogens (tertiary/aromatic N) is 4. The maximum atomic E-state index is 14.2. The summed E-state index contributed by atoms with van der Waals surface area (Å²) in [6.07, 6.45) is 2.11. The molecule has 1 aliphatic heterocycles. The van der Waals surface area contributed by atoms with E-state index in [1.54, 1.807) is 18.3 Å². The molecule has 2 aromatic heterocycles. The van der Waals surface area contributed by atoms with Gasteiger partial charge in [0.05, 0.1) is 22.8 Å². The van der Waals surface area contributed by atoms with Crippen molar-refractivity contribution in [2.45, 2.75) is 45.0 Å². The van der Waals surface area contributed by atoms with E-state index >= 15 is 0 Å². The maximum Gasteiger partial charge on any atom is 0.269 e. The van der Waals surface area contributed by atoms with Crippen LogP contribution in [-0.2, 0) is 33.8 Å². The number of likely N-dealkylation sites (tertiary alicyclic amines) is 1. The minimum Gasteiger partial charge on any atom is -0.379 e. The number of methoxy groups -OCH3 is 1. The molecule has 1 aromatic carbocycles. The molecular formula is C24H26ClFN6O4. The highest BCUT2D eigenvalue weighted by atomic mass is 35.5. The summed E-state index contributed by atoms with van der Waals surface area (Å²) in [6, 6.07) is 5.33. The first-order valence-corrected chi connectivity index (χ1v) is 11.8. The van der Waals surface area contributed by atoms with Crippen molar-refractivity contribution in [3.05, 3.63) is 58.3 Å². The number of fused-ring (bicyclic) bond motifs is 1. The van der Waals surface area contributed by atoms with Gasteiger partial charge in [-0.15, -0.1) is 0 Å². The van der Waals surface area contributed by atoms with Crippen LogP contribution < -0.4 is 11.1 Å². The monoisotopic (exact) mass is 516 g/mol. The minimum atomic E-state index is -0.924. The number of pyridine rings is 1. The van der Waals surface area contributed by atoms with E-state index in [-0.39, 0.29) is 35.9 Å². The van der Waals surface area contributed by atoms with Crippen molar-refractivity contribution in [3.8, 4) is 0 Å². The van der Waals surface area contributed by atoms with Gasteiger partial charge in [0.15, 0.2) is 5.69 Å². The predicted octanol–water partition coefficient (Wildman–Crippen LogP) is 1.82. The quantitative estimate of drug-likeness (QED) is 0.469. The van der Waals surface area contributed by atoms with Crippen LogP contribution in [-0.4, -0.2) is 63.2 Å². The van der Waals surface area contributed by atoms with E-state index in [9.17, 15) is 18.8 Å². The zero-order valence-corrected chi connectivity index (χ0v) is 20.6. The van der Waals surface area contributed by atoms with E-state index in [0.717, 1.165) is 5.69 Å². The molecule has 1 fully saturated rings. The third-order valence-corrected chi connectivity index (χ3v) is 6.58. The topological polar surface area (TPSA) is 132 Å². The van der Waals surface area contributed by atoms with Crippen molar-refractivity contribution in [2.24, 2.45) is 5.73 Å². The van der Waals surface area contributed by atoms with Gasteiger partial charge in [0.1, 0.15) is 18.4 Å². The number of hydrogen-bond acceptors (Lipinski definition) is 6. The van der Waals surface area contributed by atoms with Crippen LogP contribution in [0, 0.1) is 5.82 Å². The van der Waals surface area contributed by atoms with Crippen LogP contribution in [0.25, 0.3) is 10.9 Å². The van der Waals surface area contributed by atoms with Crippen molar-refractivity contribution < 1.29 is 23.5 Å². The van der Waals surface area contributed by atoms with Gasteiger partial charge in [0.25, 0.3) is 5.91 Å². The number of nitrogens with two attached hydrogens (primary N) is 1. The standard InChI is InChI=1S/C24H26ClFN6O4/c1-3-14-9-15-17(11-28-14)32(30-21(15)23(27)34)12-19(33)31-8-7-18(36-2)22(31)24(35)29-10-13-5-4-6-16(25)20(13)26/h4-6,9,11,18,22H,3,7-8,10,12H2,1-2H3,(H2,27,34)(H,29,35)/t18-,22+/m1/s1. The number of aromatic nitrogens is 3. The summed E-state index contributed by atoms with van der Waals surface area (Å²) in [7, 11) is 1.46. The average molecular weight is 517 g/mol. The van der Waals surface area contributed by atoms with Gasteiger partial charge in [-0.05, 0) is 25.0 Å². The Bertz CT molecular complexity index is 1330. The Balaban J connectivity index is 1.55. The Kier molecular flexibility index (Phi) is 7.51. The maximum absolute atomic E-state index is 14.2. The van der Waals surface area contributed by atoms with Crippen LogP contribution in [0.4, 0.5) is 4.39 Å². The second kappa shape index (κ2) is 10.6. The number of nitrogens with one attached hydrogen (secondary N) is 1. The summed E-state index contributed by atoms with van der Waals surface area (Å²) in [6.45, 7) is 1.87. The summed E-state index contributed by atoms with van der Waals surface area (Å²) in [5.74, 6) is -2.21. The fraction of sp³-hybridized carbons (Fsp3) is 0.375. The Morgan fingerprint density at radius 1 is 1.33 bits per heavy atom. The summed E-state index contributed by atoms with van der Waals surface area (Å²) in [5.41, 5.74) is 7.01. The zero-order valence-electron chi connectivity index (χ0n) is 19.8. The van der Waals surface area contributed by atoms with Gasteiger partial charge in [-0.1, -0.05) is 30.7 Å². The lowest BCUT2D eigenvalue weighted by atomic mass is 10.1. The fourth-order valence-corrected chi connectivity index (χ4v) is 4.60. The predicted molar refractivity (Wildman–Crippen MR) is 130 cm³/mol. The normalized spacial score (nSPS) is 17.5. The summed E-state index contributed by atoms with van der Waals surface area (Å²) in [5, 5.41) is 7.39. The van der Waals surface area contributed by atoms with Gasteiger partial charge >= 0.3 is 0 Å². The molecule has 10 nitrogen and oxygen atoms in total. The van der Waals surface area contributed by atoms with Crippen molar-refractivity contribution in [1.29, 1.82) is 0 Å². The SMILES string of the molecule is CCc1cc2c(C(N)=O)nn(CC(=O)N3CC[C@@H](OC)[C@H]3C(=O)NCc3cccc(Cl)c3F)c2cn1. The lowest BCUT2D eigenvalue weighted by Crippen LogP contribution is -2.51. The Morgan fingerprint density at radius 3 is 2.81 bits per heavy atom. The van der Waals surface area contributed by atoms with Crippen molar-refractivity contribution in [2.75, 3.05) is 13.7 Å². The third kappa shape index (κ3) is 4.89. The van der Waals surface area contributed by atoms with E-state index < -0.39 is 35.7 Å². The van der Waals surface area contributed by atoms with Crippen molar-refractivity contribution >= 4 is 40.2 Å². The lowest BCUT2D eigenvalue weighted by Gasteiger charge is -2.27. The van der Waals surface area contributed by atoms with Gasteiger partial charge < -0.3 is 20.7 Å². The number of primary amides is 1. The third-order valence-electron chi connectivity index (χ3n) is 6.29. The van der Waals surface area contributed by atoms with Gasteiger partial charge in [0.2, 0.25) is 11.8 Å². The number of carbonyl (C=O) groups excluding carboxylic acids is 3. The van der Waals surface area contributed by atoms with Crippen LogP contribution in [0.2, 0.25) is 5.02 Å². The van der Waals surface area contributed by atoms with E-state index in [2.05, 4.69) is 15.4 Å². The summed E-state index contributed by atoms with van der Waals surface area (Å²) < 4.78 is 21.1. The Hall–Kier alpha value is -3.57. The zero-order chi connectivity index (χ0) is 26.0. The number of halogens is 2. The lowest BCUT2D eigenvalue weighted by molar-refractivity contribution is -0.141. The summed E-state index contributed by atoms with van der Waals surface area (Å²) >= 11 is 5.82. The molecule has 0 aliphatic carbocycles. The second-order valence-corrected chi connectivity index (χ2v) is 8.85. The molecule has 0 spiro atoms. The highest BCUT2D eigenvalue weighted by Crippen LogP contribution is 2.24. The number of amides is 3. The molecule has 3 N–H and O–H groups in total. The first kappa shape index (κ1) is 25.5. The highest BCUT2D eigenvalue weighted by molar-refractivity contribution is 6.30. The Labute approximate surface area is 211 Å². The molecule has 2 atom stereocenters. The molecule has 0 radical (unpaired) electrons. The smallest absolute Gasteiger partial charge is 0.269 e. The number of benzene rings is 1. The second-order valence-electron chi connectivity index (χ2n) is 8.44. The number of hydrogen-bond donors (Lipinski definition) is 2. The number of carbonyl (C=O) groups is 3. The molecule has 4 rings (SSSR count). The van der Waals surface area contributed by atoms with Crippen LogP contribution in [0.3, 0.4) is 0 Å². The van der Waals surface area contributed by atoms with Gasteiger partial charge in [-0.25, -0.2) is 4.39 Å². The molecule has 36 heavy (non-hydrogen) atoms. The Morgan fingerprint density at radius 2 is 2.11 bits per heavy atom. The van der Waals surface area contributed by atoms with Crippen LogP contribution in [0.5, 0.6) is 0 Å². The molecule has 0 bridgehead atoms. The first-order chi connectivity index (χ1) is 17.2. The van der Waals surface area contributed by atoms with Gasteiger partial charge in [0, 0.05) is 36.8 Å².